The van der Waals surface area contributed by atoms with Crippen LogP contribution in [0.3, 0.4) is 0 Å². The van der Waals surface area contributed by atoms with E-state index in [2.05, 4.69) is 25.7 Å². The van der Waals surface area contributed by atoms with Crippen LogP contribution in [-0.4, -0.2) is 17.5 Å². The summed E-state index contributed by atoms with van der Waals surface area (Å²) in [6, 6.07) is 6.32. The van der Waals surface area contributed by atoms with E-state index in [1.807, 2.05) is 18.2 Å². The number of unbranched alkanes of at least 4 members (excludes halogenated alkanes) is 2. The second kappa shape index (κ2) is 7.65. The van der Waals surface area contributed by atoms with E-state index in [1.165, 1.54) is 24.8 Å². The maximum atomic E-state index is 6.01. The minimum absolute atomic E-state index is 0.539. The quantitative estimate of drug-likeness (QED) is 0.589. The molecule has 0 atom stereocenters. The van der Waals surface area contributed by atoms with Gasteiger partial charge in [-0.05, 0) is 44.5 Å². The van der Waals surface area contributed by atoms with Crippen LogP contribution < -0.4 is 5.73 Å². The Morgan fingerprint density at radius 2 is 2.00 bits per heavy atom. The Bertz CT molecular complexity index is 364. The summed E-state index contributed by atoms with van der Waals surface area (Å²) in [6.07, 6.45) is 3.80. The monoisotopic (exact) mass is 268 g/mol. The van der Waals surface area contributed by atoms with Crippen molar-refractivity contribution in [3.63, 3.8) is 0 Å². The van der Waals surface area contributed by atoms with Crippen LogP contribution in [0.15, 0.2) is 18.2 Å². The van der Waals surface area contributed by atoms with Crippen LogP contribution in [0, 0.1) is 0 Å². The van der Waals surface area contributed by atoms with Gasteiger partial charge in [-0.1, -0.05) is 37.4 Å². The van der Waals surface area contributed by atoms with E-state index >= 15 is 0 Å². The molecule has 0 amide bonds. The Morgan fingerprint density at radius 3 is 2.56 bits per heavy atom. The normalized spacial score (nSPS) is 11.4. The number of anilines is 1. The highest BCUT2D eigenvalue weighted by Crippen LogP contribution is 2.20. The molecule has 3 heteroatoms. The number of nitrogens with two attached hydrogens (primary N) is 1. The lowest BCUT2D eigenvalue weighted by Crippen LogP contribution is -2.31. The summed E-state index contributed by atoms with van der Waals surface area (Å²) in [5, 5.41) is 0.707. The van der Waals surface area contributed by atoms with Gasteiger partial charge in [0.25, 0.3) is 0 Å². The highest BCUT2D eigenvalue weighted by atomic mass is 35.5. The molecule has 0 bridgehead atoms. The van der Waals surface area contributed by atoms with Crippen LogP contribution in [0.1, 0.15) is 45.6 Å². The smallest absolute Gasteiger partial charge is 0.0426 e. The zero-order chi connectivity index (χ0) is 13.5. The second-order valence-electron chi connectivity index (χ2n) is 5.11. The van der Waals surface area contributed by atoms with Gasteiger partial charge in [-0.25, -0.2) is 0 Å². The summed E-state index contributed by atoms with van der Waals surface area (Å²) in [5.41, 5.74) is 7.98. The average molecular weight is 269 g/mol. The first kappa shape index (κ1) is 15.3. The minimum Gasteiger partial charge on any atom is -0.398 e. The van der Waals surface area contributed by atoms with E-state index in [-0.39, 0.29) is 0 Å². The molecule has 0 saturated heterocycles. The Kier molecular flexibility index (Phi) is 6.51. The molecular weight excluding hydrogens is 244 g/mol. The Morgan fingerprint density at radius 1 is 1.28 bits per heavy atom. The molecule has 18 heavy (non-hydrogen) atoms. The molecule has 0 unspecified atom stereocenters. The molecule has 0 radical (unpaired) electrons. The van der Waals surface area contributed by atoms with Crippen molar-refractivity contribution in [3.8, 4) is 0 Å². The number of rotatable bonds is 7. The molecular formula is C15H25ClN2. The van der Waals surface area contributed by atoms with E-state index < -0.39 is 0 Å². The van der Waals surface area contributed by atoms with Crippen LogP contribution in [0.5, 0.6) is 0 Å². The maximum absolute atomic E-state index is 6.01. The largest absolute Gasteiger partial charge is 0.398 e. The SMILES string of the molecule is CCCCCN(Cc1ccc(Cl)cc1N)C(C)C. The van der Waals surface area contributed by atoms with Gasteiger partial charge < -0.3 is 5.73 Å². The third kappa shape index (κ3) is 4.87. The number of hydrogen-bond acceptors (Lipinski definition) is 2. The molecule has 2 N–H and O–H groups in total. The van der Waals surface area contributed by atoms with Gasteiger partial charge in [-0.3, -0.25) is 4.90 Å². The number of nitrogen functional groups attached to an aromatic ring is 1. The van der Waals surface area contributed by atoms with Crippen molar-refractivity contribution >= 4 is 17.3 Å². The van der Waals surface area contributed by atoms with Crippen molar-refractivity contribution in [2.75, 3.05) is 12.3 Å². The molecule has 0 aromatic heterocycles. The van der Waals surface area contributed by atoms with Gasteiger partial charge in [0, 0.05) is 23.3 Å². The maximum Gasteiger partial charge on any atom is 0.0426 e. The van der Waals surface area contributed by atoms with E-state index in [9.17, 15) is 0 Å². The molecule has 0 aliphatic heterocycles. The fourth-order valence-electron chi connectivity index (χ4n) is 2.01. The molecule has 102 valence electrons. The van der Waals surface area contributed by atoms with Crippen molar-refractivity contribution in [2.24, 2.45) is 0 Å². The lowest BCUT2D eigenvalue weighted by Gasteiger charge is -2.27. The fraction of sp³-hybridized carbons (Fsp3) is 0.600. The van der Waals surface area contributed by atoms with Crippen LogP contribution in [0.4, 0.5) is 5.69 Å². The third-order valence-corrected chi connectivity index (χ3v) is 3.50. The fourth-order valence-corrected chi connectivity index (χ4v) is 2.19. The number of nitrogens with zero attached hydrogens (tertiary/aromatic N) is 1. The van der Waals surface area contributed by atoms with Crippen molar-refractivity contribution in [1.82, 2.24) is 4.90 Å². The summed E-state index contributed by atoms with van der Waals surface area (Å²) in [6.45, 7) is 8.74. The second-order valence-corrected chi connectivity index (χ2v) is 5.55. The Hall–Kier alpha value is -0.730. The highest BCUT2D eigenvalue weighted by Gasteiger charge is 2.11. The van der Waals surface area contributed by atoms with Gasteiger partial charge in [0.2, 0.25) is 0 Å². The van der Waals surface area contributed by atoms with E-state index in [0.29, 0.717) is 11.1 Å². The molecule has 1 aromatic rings. The molecule has 0 heterocycles. The summed E-state index contributed by atoms with van der Waals surface area (Å²) in [7, 11) is 0. The molecule has 0 spiro atoms. The first-order valence-electron chi connectivity index (χ1n) is 6.82. The van der Waals surface area contributed by atoms with Gasteiger partial charge in [0.05, 0.1) is 0 Å². The first-order chi connectivity index (χ1) is 8.54. The van der Waals surface area contributed by atoms with Gasteiger partial charge >= 0.3 is 0 Å². The Labute approximate surface area is 116 Å². The van der Waals surface area contributed by atoms with Gasteiger partial charge in [-0.15, -0.1) is 0 Å². The van der Waals surface area contributed by atoms with E-state index in [4.69, 9.17) is 17.3 Å². The number of halogens is 1. The molecule has 1 rings (SSSR count). The topological polar surface area (TPSA) is 29.3 Å². The number of benzene rings is 1. The van der Waals surface area contributed by atoms with Crippen LogP contribution in [0.25, 0.3) is 0 Å². The summed E-state index contributed by atoms with van der Waals surface area (Å²) < 4.78 is 0. The zero-order valence-corrected chi connectivity index (χ0v) is 12.5. The van der Waals surface area contributed by atoms with E-state index in [1.54, 1.807) is 0 Å². The standard InChI is InChI=1S/C15H25ClN2/c1-4-5-6-9-18(12(2)3)11-13-7-8-14(16)10-15(13)17/h7-8,10,12H,4-6,9,11,17H2,1-3H3. The molecule has 0 saturated carbocycles. The number of hydrogen-bond donors (Lipinski definition) is 1. The Balaban J connectivity index is 2.64. The van der Waals surface area contributed by atoms with Crippen LogP contribution in [-0.2, 0) is 6.54 Å². The lowest BCUT2D eigenvalue weighted by atomic mass is 10.1. The van der Waals surface area contributed by atoms with Crippen molar-refractivity contribution in [1.29, 1.82) is 0 Å². The summed E-state index contributed by atoms with van der Waals surface area (Å²) >= 11 is 5.92. The minimum atomic E-state index is 0.539. The van der Waals surface area contributed by atoms with Crippen molar-refractivity contribution < 1.29 is 0 Å². The summed E-state index contributed by atoms with van der Waals surface area (Å²) in [4.78, 5) is 2.47. The van der Waals surface area contributed by atoms with Gasteiger partial charge in [-0.2, -0.15) is 0 Å². The predicted molar refractivity (Wildman–Crippen MR) is 80.9 cm³/mol. The van der Waals surface area contributed by atoms with Crippen molar-refractivity contribution in [2.45, 2.75) is 52.6 Å². The van der Waals surface area contributed by atoms with E-state index in [0.717, 1.165) is 18.8 Å². The average Bonchev–Trinajstić information content (AvgIpc) is 2.30. The highest BCUT2D eigenvalue weighted by molar-refractivity contribution is 6.30. The first-order valence-corrected chi connectivity index (χ1v) is 7.20. The lowest BCUT2D eigenvalue weighted by molar-refractivity contribution is 0.209. The molecule has 1 aromatic carbocycles. The van der Waals surface area contributed by atoms with Gasteiger partial charge in [0.1, 0.15) is 0 Å². The van der Waals surface area contributed by atoms with Crippen LogP contribution in [0.2, 0.25) is 5.02 Å². The zero-order valence-electron chi connectivity index (χ0n) is 11.7. The predicted octanol–water partition coefficient (Wildman–Crippen LogP) is 4.32. The third-order valence-electron chi connectivity index (χ3n) is 3.26. The molecule has 0 aliphatic carbocycles. The summed E-state index contributed by atoms with van der Waals surface area (Å²) in [5.74, 6) is 0. The van der Waals surface area contributed by atoms with Crippen molar-refractivity contribution in [3.05, 3.63) is 28.8 Å². The van der Waals surface area contributed by atoms with Gasteiger partial charge in [0.15, 0.2) is 0 Å². The molecule has 2 nitrogen and oxygen atoms in total. The molecule has 0 aliphatic rings. The molecule has 0 fully saturated rings. The van der Waals surface area contributed by atoms with Crippen LogP contribution >= 0.6 is 11.6 Å².